The molecule has 3 heteroatoms. The molecule has 1 saturated carbocycles. The van der Waals surface area contributed by atoms with Gasteiger partial charge in [0.2, 0.25) is 0 Å². The lowest BCUT2D eigenvalue weighted by molar-refractivity contribution is 0.223. The molecule has 0 bridgehead atoms. The molecule has 1 aromatic carbocycles. The van der Waals surface area contributed by atoms with E-state index in [9.17, 15) is 0 Å². The van der Waals surface area contributed by atoms with Crippen molar-refractivity contribution in [3.05, 3.63) is 29.3 Å². The van der Waals surface area contributed by atoms with E-state index in [-0.39, 0.29) is 0 Å². The van der Waals surface area contributed by atoms with Crippen LogP contribution in [0.25, 0.3) is 0 Å². The third kappa shape index (κ3) is 3.95. The van der Waals surface area contributed by atoms with Gasteiger partial charge in [0.25, 0.3) is 0 Å². The number of nitrogens with two attached hydrogens (primary N) is 1. The molecule has 0 saturated heterocycles. The Morgan fingerprint density at radius 2 is 2.11 bits per heavy atom. The van der Waals surface area contributed by atoms with E-state index in [2.05, 4.69) is 24.8 Å². The molecule has 0 amide bonds. The van der Waals surface area contributed by atoms with Crippen LogP contribution < -0.4 is 10.5 Å². The van der Waals surface area contributed by atoms with Gasteiger partial charge in [0.05, 0.1) is 7.11 Å². The third-order valence-electron chi connectivity index (χ3n) is 3.62. The molecular formula is C16H26N2O. The molecule has 1 aliphatic rings. The summed E-state index contributed by atoms with van der Waals surface area (Å²) in [5.74, 6) is 1.68. The van der Waals surface area contributed by atoms with Crippen LogP contribution >= 0.6 is 0 Å². The van der Waals surface area contributed by atoms with Crippen molar-refractivity contribution >= 4 is 0 Å². The van der Waals surface area contributed by atoms with E-state index in [0.29, 0.717) is 12.5 Å². The van der Waals surface area contributed by atoms with E-state index in [1.165, 1.54) is 24.0 Å². The Morgan fingerprint density at radius 1 is 1.37 bits per heavy atom. The molecule has 0 aromatic heterocycles. The fraction of sp³-hybridized carbons (Fsp3) is 0.625. The van der Waals surface area contributed by atoms with Gasteiger partial charge in [0.15, 0.2) is 0 Å². The summed E-state index contributed by atoms with van der Waals surface area (Å²) in [5, 5.41) is 0. The molecule has 2 rings (SSSR count). The Labute approximate surface area is 116 Å². The van der Waals surface area contributed by atoms with Gasteiger partial charge in [-0.1, -0.05) is 19.9 Å². The average Bonchev–Trinajstić information content (AvgIpc) is 3.21. The smallest absolute Gasteiger partial charge is 0.123 e. The minimum absolute atomic E-state index is 0.588. The number of ether oxygens (including phenoxy) is 1. The van der Waals surface area contributed by atoms with Gasteiger partial charge in [-0.15, -0.1) is 0 Å². The minimum Gasteiger partial charge on any atom is -0.496 e. The van der Waals surface area contributed by atoms with Crippen LogP contribution in [0.1, 0.15) is 37.8 Å². The number of methoxy groups -OCH3 is 1. The summed E-state index contributed by atoms with van der Waals surface area (Å²) in [7, 11) is 1.74. The van der Waals surface area contributed by atoms with Gasteiger partial charge in [-0.05, 0) is 36.5 Å². The second kappa shape index (κ2) is 6.40. The van der Waals surface area contributed by atoms with Crippen molar-refractivity contribution in [1.82, 2.24) is 4.90 Å². The topological polar surface area (TPSA) is 38.5 Å². The maximum Gasteiger partial charge on any atom is 0.123 e. The van der Waals surface area contributed by atoms with Gasteiger partial charge in [0.1, 0.15) is 5.75 Å². The van der Waals surface area contributed by atoms with Crippen molar-refractivity contribution in [2.24, 2.45) is 11.7 Å². The maximum absolute atomic E-state index is 5.74. The monoisotopic (exact) mass is 262 g/mol. The van der Waals surface area contributed by atoms with Crippen molar-refractivity contribution in [1.29, 1.82) is 0 Å². The summed E-state index contributed by atoms with van der Waals surface area (Å²) >= 11 is 0. The summed E-state index contributed by atoms with van der Waals surface area (Å²) in [5.41, 5.74) is 8.18. The van der Waals surface area contributed by atoms with Crippen LogP contribution in [-0.4, -0.2) is 24.6 Å². The summed E-state index contributed by atoms with van der Waals surface area (Å²) in [6, 6.07) is 7.05. The van der Waals surface area contributed by atoms with Crippen molar-refractivity contribution in [2.75, 3.05) is 13.7 Å². The highest BCUT2D eigenvalue weighted by Gasteiger charge is 2.29. The second-order valence-electron chi connectivity index (χ2n) is 5.90. The molecule has 0 radical (unpaired) electrons. The molecule has 0 heterocycles. The number of hydrogen-bond donors (Lipinski definition) is 1. The molecule has 1 aliphatic carbocycles. The molecule has 1 aromatic rings. The van der Waals surface area contributed by atoms with Crippen LogP contribution in [0, 0.1) is 5.92 Å². The molecule has 2 N–H and O–H groups in total. The van der Waals surface area contributed by atoms with Gasteiger partial charge >= 0.3 is 0 Å². The van der Waals surface area contributed by atoms with Crippen molar-refractivity contribution < 1.29 is 4.74 Å². The van der Waals surface area contributed by atoms with Gasteiger partial charge < -0.3 is 10.5 Å². The quantitative estimate of drug-likeness (QED) is 0.821. The summed E-state index contributed by atoms with van der Waals surface area (Å²) < 4.78 is 5.48. The van der Waals surface area contributed by atoms with E-state index in [1.54, 1.807) is 7.11 Å². The van der Waals surface area contributed by atoms with Crippen molar-refractivity contribution in [3.63, 3.8) is 0 Å². The third-order valence-corrected chi connectivity index (χ3v) is 3.62. The van der Waals surface area contributed by atoms with Gasteiger partial charge in [0, 0.05) is 31.2 Å². The minimum atomic E-state index is 0.588. The number of nitrogens with zero attached hydrogens (tertiary/aromatic N) is 1. The average molecular weight is 262 g/mol. The van der Waals surface area contributed by atoms with E-state index in [0.717, 1.165) is 24.9 Å². The van der Waals surface area contributed by atoms with Crippen LogP contribution in [0.15, 0.2) is 18.2 Å². The first-order valence-electron chi connectivity index (χ1n) is 7.24. The fourth-order valence-electron chi connectivity index (χ4n) is 2.55. The zero-order chi connectivity index (χ0) is 13.8. The van der Waals surface area contributed by atoms with Crippen LogP contribution in [0.4, 0.5) is 0 Å². The van der Waals surface area contributed by atoms with E-state index >= 15 is 0 Å². The first-order valence-corrected chi connectivity index (χ1v) is 7.24. The molecule has 0 atom stereocenters. The molecular weight excluding hydrogens is 236 g/mol. The molecule has 0 spiro atoms. The van der Waals surface area contributed by atoms with Gasteiger partial charge in [-0.25, -0.2) is 0 Å². The summed E-state index contributed by atoms with van der Waals surface area (Å²) in [4.78, 5) is 2.59. The number of hydrogen-bond acceptors (Lipinski definition) is 3. The van der Waals surface area contributed by atoms with Crippen LogP contribution in [-0.2, 0) is 13.1 Å². The van der Waals surface area contributed by atoms with E-state index in [4.69, 9.17) is 10.5 Å². The Balaban J connectivity index is 2.14. The Hall–Kier alpha value is -1.06. The van der Waals surface area contributed by atoms with Crippen LogP contribution in [0.2, 0.25) is 0 Å². The van der Waals surface area contributed by atoms with Gasteiger partial charge in [-0.2, -0.15) is 0 Å². The lowest BCUT2D eigenvalue weighted by atomic mass is 10.1. The lowest BCUT2D eigenvalue weighted by Gasteiger charge is -2.25. The predicted molar refractivity (Wildman–Crippen MR) is 79.2 cm³/mol. The zero-order valence-corrected chi connectivity index (χ0v) is 12.4. The first kappa shape index (κ1) is 14.4. The van der Waals surface area contributed by atoms with Crippen LogP contribution in [0.3, 0.4) is 0 Å². The normalized spacial score (nSPS) is 15.3. The Kier molecular flexibility index (Phi) is 4.83. The van der Waals surface area contributed by atoms with E-state index in [1.807, 2.05) is 12.1 Å². The summed E-state index contributed by atoms with van der Waals surface area (Å²) in [6.07, 6.45) is 2.68. The number of rotatable bonds is 7. The Bertz CT molecular complexity index is 413. The largest absolute Gasteiger partial charge is 0.496 e. The second-order valence-corrected chi connectivity index (χ2v) is 5.90. The highest BCUT2D eigenvalue weighted by atomic mass is 16.5. The summed E-state index contributed by atoms with van der Waals surface area (Å²) in [6.45, 7) is 7.27. The van der Waals surface area contributed by atoms with E-state index < -0.39 is 0 Å². The lowest BCUT2D eigenvalue weighted by Crippen LogP contribution is -2.29. The number of benzene rings is 1. The van der Waals surface area contributed by atoms with Crippen molar-refractivity contribution in [3.8, 4) is 5.75 Å². The first-order chi connectivity index (χ1) is 9.13. The van der Waals surface area contributed by atoms with Crippen LogP contribution in [0.5, 0.6) is 5.75 Å². The maximum atomic E-state index is 5.74. The molecule has 1 fully saturated rings. The van der Waals surface area contributed by atoms with Crippen molar-refractivity contribution in [2.45, 2.75) is 45.8 Å². The molecule has 19 heavy (non-hydrogen) atoms. The molecule has 0 aliphatic heterocycles. The highest BCUT2D eigenvalue weighted by molar-refractivity contribution is 5.37. The zero-order valence-electron chi connectivity index (χ0n) is 12.4. The standard InChI is InChI=1S/C16H26N2O/c1-12(2)10-18(15-5-6-15)11-14-8-13(9-17)4-7-16(14)19-3/h4,7-8,12,15H,5-6,9-11,17H2,1-3H3. The van der Waals surface area contributed by atoms with Gasteiger partial charge in [-0.3, -0.25) is 4.90 Å². The molecule has 106 valence electrons. The predicted octanol–water partition coefficient (Wildman–Crippen LogP) is 2.77. The molecule has 0 unspecified atom stereocenters. The SMILES string of the molecule is COc1ccc(CN)cc1CN(CC(C)C)C1CC1. The Morgan fingerprint density at radius 3 is 2.63 bits per heavy atom. The molecule has 3 nitrogen and oxygen atoms in total. The fourth-order valence-corrected chi connectivity index (χ4v) is 2.55. The highest BCUT2D eigenvalue weighted by Crippen LogP contribution is 2.31.